The normalized spacial score (nSPS) is 12.0. The lowest BCUT2D eigenvalue weighted by molar-refractivity contribution is -0.121. The number of rotatable bonds is 5. The Morgan fingerprint density at radius 1 is 1.53 bits per heavy atom. The van der Waals surface area contributed by atoms with Crippen LogP contribution in [0.25, 0.3) is 0 Å². The van der Waals surface area contributed by atoms with E-state index in [0.717, 1.165) is 11.1 Å². The van der Waals surface area contributed by atoms with E-state index in [2.05, 4.69) is 5.32 Å². The number of aliphatic hydroxyl groups is 1. The zero-order chi connectivity index (χ0) is 12.8. The first-order valence-corrected chi connectivity index (χ1v) is 5.60. The summed E-state index contributed by atoms with van der Waals surface area (Å²) >= 11 is 0. The zero-order valence-electron chi connectivity index (χ0n) is 10.5. The largest absolute Gasteiger partial charge is 0.496 e. The molecule has 0 radical (unpaired) electrons. The molecule has 1 aromatic rings. The molecule has 4 nitrogen and oxygen atoms in total. The van der Waals surface area contributed by atoms with Crippen LogP contribution in [0.1, 0.15) is 18.1 Å². The minimum atomic E-state index is -0.224. The van der Waals surface area contributed by atoms with Crippen LogP contribution in [0.5, 0.6) is 5.75 Å². The van der Waals surface area contributed by atoms with Gasteiger partial charge in [-0.3, -0.25) is 4.79 Å². The lowest BCUT2D eigenvalue weighted by Crippen LogP contribution is -2.36. The maximum atomic E-state index is 11.7. The van der Waals surface area contributed by atoms with Crippen molar-refractivity contribution >= 4 is 5.91 Å². The molecule has 4 heteroatoms. The summed E-state index contributed by atoms with van der Waals surface area (Å²) in [5.41, 5.74) is 1.94. The number of hydrogen-bond acceptors (Lipinski definition) is 3. The van der Waals surface area contributed by atoms with Gasteiger partial charge in [-0.05, 0) is 19.9 Å². The van der Waals surface area contributed by atoms with Crippen LogP contribution in [0, 0.1) is 6.92 Å². The number of nitrogens with one attached hydrogen (secondary N) is 1. The first kappa shape index (κ1) is 13.5. The summed E-state index contributed by atoms with van der Waals surface area (Å²) in [7, 11) is 1.59. The van der Waals surface area contributed by atoms with Gasteiger partial charge in [0.1, 0.15) is 5.75 Å². The maximum Gasteiger partial charge on any atom is 0.224 e. The number of aryl methyl sites for hydroxylation is 1. The SMILES string of the molecule is COc1ccc(C)cc1CC(=O)N[C@H](C)CO. The maximum absolute atomic E-state index is 11.7. The van der Waals surface area contributed by atoms with Crippen LogP contribution in [0.3, 0.4) is 0 Å². The predicted molar refractivity (Wildman–Crippen MR) is 66.1 cm³/mol. The molecule has 0 aromatic heterocycles. The van der Waals surface area contributed by atoms with E-state index < -0.39 is 0 Å². The Morgan fingerprint density at radius 2 is 2.24 bits per heavy atom. The van der Waals surface area contributed by atoms with E-state index in [4.69, 9.17) is 9.84 Å². The number of carbonyl (C=O) groups excluding carboxylic acids is 1. The van der Waals surface area contributed by atoms with E-state index in [9.17, 15) is 4.79 Å². The van der Waals surface area contributed by atoms with Crippen LogP contribution in [0.15, 0.2) is 18.2 Å². The monoisotopic (exact) mass is 237 g/mol. The molecule has 0 spiro atoms. The van der Waals surface area contributed by atoms with Gasteiger partial charge in [0, 0.05) is 11.6 Å². The summed E-state index contributed by atoms with van der Waals surface area (Å²) in [6, 6.07) is 5.50. The summed E-state index contributed by atoms with van der Waals surface area (Å²) in [5.74, 6) is 0.595. The van der Waals surface area contributed by atoms with Crippen molar-refractivity contribution in [3.05, 3.63) is 29.3 Å². The quantitative estimate of drug-likeness (QED) is 0.804. The molecule has 0 fully saturated rings. The molecular weight excluding hydrogens is 218 g/mol. The molecule has 0 saturated heterocycles. The van der Waals surface area contributed by atoms with Gasteiger partial charge >= 0.3 is 0 Å². The van der Waals surface area contributed by atoms with Crippen molar-refractivity contribution in [2.24, 2.45) is 0 Å². The second kappa shape index (κ2) is 6.25. The van der Waals surface area contributed by atoms with Crippen LogP contribution in [0.4, 0.5) is 0 Å². The topological polar surface area (TPSA) is 58.6 Å². The summed E-state index contributed by atoms with van der Waals surface area (Å²) < 4.78 is 5.20. The molecule has 1 amide bonds. The smallest absolute Gasteiger partial charge is 0.224 e. The second-order valence-corrected chi connectivity index (χ2v) is 4.14. The molecule has 0 aliphatic heterocycles. The van der Waals surface area contributed by atoms with Crippen molar-refractivity contribution in [3.63, 3.8) is 0 Å². The Hall–Kier alpha value is -1.55. The molecule has 0 unspecified atom stereocenters. The van der Waals surface area contributed by atoms with Crippen LogP contribution >= 0.6 is 0 Å². The van der Waals surface area contributed by atoms with Gasteiger partial charge in [-0.25, -0.2) is 0 Å². The van der Waals surface area contributed by atoms with E-state index in [1.165, 1.54) is 0 Å². The third-order valence-corrected chi connectivity index (χ3v) is 2.47. The molecule has 0 saturated carbocycles. The van der Waals surface area contributed by atoms with Crippen molar-refractivity contribution in [2.75, 3.05) is 13.7 Å². The molecule has 1 aromatic carbocycles. The number of ether oxygens (including phenoxy) is 1. The fourth-order valence-electron chi connectivity index (χ4n) is 1.59. The van der Waals surface area contributed by atoms with Gasteiger partial charge in [-0.1, -0.05) is 17.7 Å². The fraction of sp³-hybridized carbons (Fsp3) is 0.462. The molecule has 94 valence electrons. The molecule has 0 heterocycles. The second-order valence-electron chi connectivity index (χ2n) is 4.14. The molecular formula is C13H19NO3. The van der Waals surface area contributed by atoms with Gasteiger partial charge < -0.3 is 15.2 Å². The van der Waals surface area contributed by atoms with Gasteiger partial charge in [-0.15, -0.1) is 0 Å². The third kappa shape index (κ3) is 4.07. The fourth-order valence-corrected chi connectivity index (χ4v) is 1.59. The van der Waals surface area contributed by atoms with Crippen molar-refractivity contribution in [1.82, 2.24) is 5.32 Å². The summed E-state index contributed by atoms with van der Waals surface area (Å²) in [5, 5.41) is 11.6. The van der Waals surface area contributed by atoms with Gasteiger partial charge in [-0.2, -0.15) is 0 Å². The molecule has 1 rings (SSSR count). The molecule has 0 aliphatic carbocycles. The Kier molecular flexibility index (Phi) is 4.97. The summed E-state index contributed by atoms with van der Waals surface area (Å²) in [6.07, 6.45) is 0.259. The number of amides is 1. The first-order valence-electron chi connectivity index (χ1n) is 5.60. The highest BCUT2D eigenvalue weighted by molar-refractivity contribution is 5.79. The number of benzene rings is 1. The minimum absolute atomic E-state index is 0.0588. The number of carbonyl (C=O) groups is 1. The lowest BCUT2D eigenvalue weighted by Gasteiger charge is -2.12. The van der Waals surface area contributed by atoms with Crippen molar-refractivity contribution < 1.29 is 14.6 Å². The molecule has 0 bridgehead atoms. The Labute approximate surface area is 102 Å². The van der Waals surface area contributed by atoms with Gasteiger partial charge in [0.15, 0.2) is 0 Å². The molecule has 1 atom stereocenters. The standard InChI is InChI=1S/C13H19NO3/c1-9-4-5-12(17-3)11(6-9)7-13(16)14-10(2)8-15/h4-6,10,15H,7-8H2,1-3H3,(H,14,16)/t10-/m1/s1. The lowest BCUT2D eigenvalue weighted by atomic mass is 10.1. The number of hydrogen-bond donors (Lipinski definition) is 2. The van der Waals surface area contributed by atoms with Crippen LogP contribution < -0.4 is 10.1 Å². The molecule has 0 aliphatic rings. The first-order chi connectivity index (χ1) is 8.06. The number of methoxy groups -OCH3 is 1. The average molecular weight is 237 g/mol. The van der Waals surface area contributed by atoms with Crippen LogP contribution in [-0.4, -0.2) is 30.8 Å². The number of aliphatic hydroxyl groups excluding tert-OH is 1. The predicted octanol–water partition coefficient (Wildman–Crippen LogP) is 1.04. The van der Waals surface area contributed by atoms with E-state index >= 15 is 0 Å². The highest BCUT2D eigenvalue weighted by Gasteiger charge is 2.10. The summed E-state index contributed by atoms with van der Waals surface area (Å²) in [4.78, 5) is 11.7. The van der Waals surface area contributed by atoms with E-state index in [1.54, 1.807) is 14.0 Å². The average Bonchev–Trinajstić information content (AvgIpc) is 2.29. The molecule has 17 heavy (non-hydrogen) atoms. The Morgan fingerprint density at radius 3 is 2.82 bits per heavy atom. The summed E-state index contributed by atoms with van der Waals surface area (Å²) in [6.45, 7) is 3.67. The van der Waals surface area contributed by atoms with Gasteiger partial charge in [0.2, 0.25) is 5.91 Å². The van der Waals surface area contributed by atoms with Crippen molar-refractivity contribution in [2.45, 2.75) is 26.3 Å². The van der Waals surface area contributed by atoms with Gasteiger partial charge in [0.25, 0.3) is 0 Å². The zero-order valence-corrected chi connectivity index (χ0v) is 10.5. The van der Waals surface area contributed by atoms with E-state index in [1.807, 2.05) is 25.1 Å². The Balaban J connectivity index is 2.73. The van der Waals surface area contributed by atoms with Crippen molar-refractivity contribution in [1.29, 1.82) is 0 Å². The third-order valence-electron chi connectivity index (χ3n) is 2.47. The minimum Gasteiger partial charge on any atom is -0.496 e. The van der Waals surface area contributed by atoms with Crippen LogP contribution in [-0.2, 0) is 11.2 Å². The van der Waals surface area contributed by atoms with Gasteiger partial charge in [0.05, 0.1) is 20.1 Å². The van der Waals surface area contributed by atoms with E-state index in [-0.39, 0.29) is 25.0 Å². The highest BCUT2D eigenvalue weighted by atomic mass is 16.5. The molecule has 2 N–H and O–H groups in total. The van der Waals surface area contributed by atoms with Crippen LogP contribution in [0.2, 0.25) is 0 Å². The Bertz CT molecular complexity index is 390. The van der Waals surface area contributed by atoms with Crippen molar-refractivity contribution in [3.8, 4) is 5.75 Å². The highest BCUT2D eigenvalue weighted by Crippen LogP contribution is 2.20. The van der Waals surface area contributed by atoms with E-state index in [0.29, 0.717) is 5.75 Å².